The van der Waals surface area contributed by atoms with Crippen molar-refractivity contribution in [2.75, 3.05) is 45.7 Å². The van der Waals surface area contributed by atoms with Crippen LogP contribution in [0.3, 0.4) is 0 Å². The largest absolute Gasteiger partial charge is 0.497 e. The summed E-state index contributed by atoms with van der Waals surface area (Å²) in [5.41, 5.74) is 1.06. The molecule has 1 amide bonds. The van der Waals surface area contributed by atoms with E-state index in [1.807, 2.05) is 38.4 Å². The number of carbonyl (C=O) groups is 1. The lowest BCUT2D eigenvalue weighted by atomic mass is 10.1. The van der Waals surface area contributed by atoms with Crippen LogP contribution in [0.25, 0.3) is 0 Å². The number of piperazine rings is 1. The molecule has 1 aliphatic heterocycles. The van der Waals surface area contributed by atoms with E-state index >= 15 is 0 Å². The van der Waals surface area contributed by atoms with E-state index in [9.17, 15) is 4.79 Å². The second-order valence-corrected chi connectivity index (χ2v) is 4.72. The van der Waals surface area contributed by atoms with Crippen LogP contribution in [0.2, 0.25) is 0 Å². The van der Waals surface area contributed by atoms with Crippen molar-refractivity contribution in [1.82, 2.24) is 10.2 Å². The highest BCUT2D eigenvalue weighted by Crippen LogP contribution is 2.23. The Morgan fingerprint density at radius 3 is 2.58 bits per heavy atom. The molecule has 1 aromatic rings. The highest BCUT2D eigenvalue weighted by molar-refractivity contribution is 5.86. The number of rotatable bonds is 4. The van der Waals surface area contributed by atoms with Crippen molar-refractivity contribution >= 4 is 11.6 Å². The Balaban J connectivity index is 2.22. The zero-order valence-electron chi connectivity index (χ0n) is 11.7. The summed E-state index contributed by atoms with van der Waals surface area (Å²) >= 11 is 0. The second kappa shape index (κ2) is 5.93. The Morgan fingerprint density at radius 1 is 1.32 bits per heavy atom. The smallest absolute Gasteiger partial charge is 0.246 e. The predicted molar refractivity (Wildman–Crippen MR) is 75.7 cm³/mol. The molecular weight excluding hydrogens is 242 g/mol. The van der Waals surface area contributed by atoms with E-state index in [1.165, 1.54) is 0 Å². The van der Waals surface area contributed by atoms with E-state index in [-0.39, 0.29) is 11.9 Å². The lowest BCUT2D eigenvalue weighted by molar-refractivity contribution is -0.132. The molecule has 1 aromatic carbocycles. The van der Waals surface area contributed by atoms with Gasteiger partial charge in [0, 0.05) is 32.4 Å². The maximum atomic E-state index is 12.2. The Hall–Kier alpha value is -1.75. The molecule has 1 saturated heterocycles. The van der Waals surface area contributed by atoms with Crippen LogP contribution >= 0.6 is 0 Å². The monoisotopic (exact) mass is 263 g/mol. The van der Waals surface area contributed by atoms with Crippen LogP contribution in [0.5, 0.6) is 5.75 Å². The second-order valence-electron chi connectivity index (χ2n) is 4.72. The van der Waals surface area contributed by atoms with Crippen molar-refractivity contribution in [3.63, 3.8) is 0 Å². The molecule has 1 unspecified atom stereocenters. The van der Waals surface area contributed by atoms with Crippen LogP contribution < -0.4 is 15.0 Å². The van der Waals surface area contributed by atoms with Gasteiger partial charge in [-0.1, -0.05) is 0 Å². The third-order valence-electron chi connectivity index (χ3n) is 3.52. The van der Waals surface area contributed by atoms with Gasteiger partial charge in [0.25, 0.3) is 0 Å². The molecule has 1 fully saturated rings. The number of likely N-dealkylation sites (N-methyl/N-ethyl adjacent to an activating group) is 2. The molecule has 0 aromatic heterocycles. The Labute approximate surface area is 114 Å². The lowest BCUT2D eigenvalue weighted by Gasteiger charge is -2.40. The molecule has 0 radical (unpaired) electrons. The molecule has 0 spiro atoms. The zero-order valence-corrected chi connectivity index (χ0v) is 11.7. The molecule has 104 valence electrons. The van der Waals surface area contributed by atoms with E-state index in [0.29, 0.717) is 6.54 Å². The number of amides is 1. The van der Waals surface area contributed by atoms with Gasteiger partial charge in [-0.05, 0) is 31.3 Å². The first-order chi connectivity index (χ1) is 9.17. The average Bonchev–Trinajstić information content (AvgIpc) is 2.44. The fourth-order valence-corrected chi connectivity index (χ4v) is 2.39. The average molecular weight is 263 g/mol. The Kier molecular flexibility index (Phi) is 4.27. The highest BCUT2D eigenvalue weighted by atomic mass is 16.5. The Morgan fingerprint density at radius 2 is 2.00 bits per heavy atom. The molecule has 0 aliphatic carbocycles. The maximum Gasteiger partial charge on any atom is 0.246 e. The summed E-state index contributed by atoms with van der Waals surface area (Å²) in [6, 6.07) is 7.71. The molecule has 1 N–H and O–H groups in total. The summed E-state index contributed by atoms with van der Waals surface area (Å²) in [7, 11) is 5.38. The van der Waals surface area contributed by atoms with E-state index in [0.717, 1.165) is 24.5 Å². The molecular formula is C14H21N3O2. The lowest BCUT2D eigenvalue weighted by Crippen LogP contribution is -2.59. The SMILES string of the molecule is CNCC1C(=O)N(C)CCN1c1ccc(OC)cc1. The summed E-state index contributed by atoms with van der Waals surface area (Å²) < 4.78 is 5.16. The number of hydrogen-bond acceptors (Lipinski definition) is 4. The zero-order chi connectivity index (χ0) is 13.8. The summed E-state index contributed by atoms with van der Waals surface area (Å²) in [4.78, 5) is 16.2. The third kappa shape index (κ3) is 2.81. The first-order valence-electron chi connectivity index (χ1n) is 6.47. The highest BCUT2D eigenvalue weighted by Gasteiger charge is 2.32. The van der Waals surface area contributed by atoms with Crippen LogP contribution in [-0.2, 0) is 4.79 Å². The van der Waals surface area contributed by atoms with Crippen molar-refractivity contribution in [3.05, 3.63) is 24.3 Å². The van der Waals surface area contributed by atoms with Gasteiger partial charge in [0.2, 0.25) is 5.91 Å². The molecule has 1 aliphatic rings. The molecule has 5 nitrogen and oxygen atoms in total. The van der Waals surface area contributed by atoms with Crippen LogP contribution in [0.15, 0.2) is 24.3 Å². The quantitative estimate of drug-likeness (QED) is 0.862. The number of nitrogens with zero attached hydrogens (tertiary/aromatic N) is 2. The first kappa shape index (κ1) is 13.7. The van der Waals surface area contributed by atoms with Gasteiger partial charge in [-0.2, -0.15) is 0 Å². The van der Waals surface area contributed by atoms with Crippen molar-refractivity contribution in [1.29, 1.82) is 0 Å². The topological polar surface area (TPSA) is 44.8 Å². The molecule has 19 heavy (non-hydrogen) atoms. The standard InChI is InChI=1S/C14H21N3O2/c1-15-10-13-14(18)16(2)8-9-17(13)11-4-6-12(19-3)7-5-11/h4-7,13,15H,8-10H2,1-3H3. The van der Waals surface area contributed by atoms with Gasteiger partial charge in [-0.15, -0.1) is 0 Å². The minimum Gasteiger partial charge on any atom is -0.497 e. The number of carbonyl (C=O) groups excluding carboxylic acids is 1. The van der Waals surface area contributed by atoms with Crippen molar-refractivity contribution in [2.24, 2.45) is 0 Å². The minimum atomic E-state index is -0.142. The van der Waals surface area contributed by atoms with E-state index in [1.54, 1.807) is 12.0 Å². The van der Waals surface area contributed by atoms with Gasteiger partial charge < -0.3 is 19.9 Å². The van der Waals surface area contributed by atoms with Gasteiger partial charge in [-0.25, -0.2) is 0 Å². The molecule has 5 heteroatoms. The summed E-state index contributed by atoms with van der Waals surface area (Å²) in [5.74, 6) is 0.991. The number of hydrogen-bond donors (Lipinski definition) is 1. The number of anilines is 1. The number of nitrogens with one attached hydrogen (secondary N) is 1. The van der Waals surface area contributed by atoms with E-state index < -0.39 is 0 Å². The van der Waals surface area contributed by atoms with E-state index in [2.05, 4.69) is 10.2 Å². The number of methoxy groups -OCH3 is 1. The summed E-state index contributed by atoms with van der Waals surface area (Å²) in [6.07, 6.45) is 0. The van der Waals surface area contributed by atoms with Gasteiger partial charge in [0.1, 0.15) is 11.8 Å². The molecule has 1 heterocycles. The Bertz CT molecular complexity index is 433. The predicted octanol–water partition coefficient (Wildman–Crippen LogP) is 0.562. The fraction of sp³-hybridized carbons (Fsp3) is 0.500. The normalized spacial score (nSPS) is 19.7. The molecule has 1 atom stereocenters. The van der Waals surface area contributed by atoms with Crippen LogP contribution in [0, 0.1) is 0 Å². The minimum absolute atomic E-state index is 0.142. The van der Waals surface area contributed by atoms with E-state index in [4.69, 9.17) is 4.74 Å². The number of ether oxygens (including phenoxy) is 1. The first-order valence-corrected chi connectivity index (χ1v) is 6.47. The fourth-order valence-electron chi connectivity index (χ4n) is 2.39. The van der Waals surface area contributed by atoms with Crippen LogP contribution in [0.4, 0.5) is 5.69 Å². The summed E-state index contributed by atoms with van der Waals surface area (Å²) in [6.45, 7) is 2.25. The van der Waals surface area contributed by atoms with Gasteiger partial charge in [0.15, 0.2) is 0 Å². The van der Waals surface area contributed by atoms with Gasteiger partial charge in [0.05, 0.1) is 7.11 Å². The van der Waals surface area contributed by atoms with Crippen LogP contribution in [-0.4, -0.2) is 57.7 Å². The van der Waals surface area contributed by atoms with Crippen molar-refractivity contribution in [3.8, 4) is 5.75 Å². The van der Waals surface area contributed by atoms with Crippen molar-refractivity contribution in [2.45, 2.75) is 6.04 Å². The molecule has 0 saturated carbocycles. The molecule has 2 rings (SSSR count). The van der Waals surface area contributed by atoms with Crippen LogP contribution in [0.1, 0.15) is 0 Å². The summed E-state index contributed by atoms with van der Waals surface area (Å²) in [5, 5.41) is 3.10. The number of benzene rings is 1. The van der Waals surface area contributed by atoms with Gasteiger partial charge in [-0.3, -0.25) is 4.79 Å². The third-order valence-corrected chi connectivity index (χ3v) is 3.52. The maximum absolute atomic E-state index is 12.2. The van der Waals surface area contributed by atoms with Gasteiger partial charge >= 0.3 is 0 Å². The van der Waals surface area contributed by atoms with Crippen molar-refractivity contribution < 1.29 is 9.53 Å². The molecule has 0 bridgehead atoms.